The van der Waals surface area contributed by atoms with Crippen molar-refractivity contribution in [3.05, 3.63) is 71.0 Å². The molecule has 0 spiro atoms. The molecule has 0 aliphatic carbocycles. The normalized spacial score (nSPS) is 11.4. The number of fused-ring (bicyclic) bond motifs is 1. The van der Waals surface area contributed by atoms with Crippen LogP contribution in [0.2, 0.25) is 5.02 Å². The number of urea groups is 1. The van der Waals surface area contributed by atoms with Gasteiger partial charge in [-0.25, -0.2) is 4.79 Å². The maximum atomic E-state index is 12.5. The third-order valence-electron chi connectivity index (χ3n) is 3.72. The fourth-order valence-electron chi connectivity index (χ4n) is 2.46. The van der Waals surface area contributed by atoms with Crippen LogP contribution >= 0.6 is 11.6 Å². The van der Waals surface area contributed by atoms with Crippen molar-refractivity contribution in [2.45, 2.75) is 12.7 Å². The van der Waals surface area contributed by atoms with Gasteiger partial charge in [-0.15, -0.1) is 0 Å². The van der Waals surface area contributed by atoms with Crippen molar-refractivity contribution in [1.82, 2.24) is 10.3 Å². The average molecular weight is 380 g/mol. The molecule has 0 fully saturated rings. The number of hydrogen-bond donors (Lipinski definition) is 2. The molecule has 0 saturated heterocycles. The maximum absolute atomic E-state index is 12.5. The Hall–Kier alpha value is -2.80. The monoisotopic (exact) mass is 379 g/mol. The highest BCUT2D eigenvalue weighted by atomic mass is 35.5. The van der Waals surface area contributed by atoms with Gasteiger partial charge >= 0.3 is 12.2 Å². The number of hydrogen-bond acceptors (Lipinski definition) is 2. The zero-order valence-electron chi connectivity index (χ0n) is 13.3. The maximum Gasteiger partial charge on any atom is 0.416 e. The second-order valence-electron chi connectivity index (χ2n) is 5.53. The molecule has 0 radical (unpaired) electrons. The van der Waals surface area contributed by atoms with Gasteiger partial charge in [0, 0.05) is 29.7 Å². The van der Waals surface area contributed by atoms with Gasteiger partial charge in [0.15, 0.2) is 0 Å². The quantitative estimate of drug-likeness (QED) is 0.654. The van der Waals surface area contributed by atoms with Crippen molar-refractivity contribution in [3.63, 3.8) is 0 Å². The summed E-state index contributed by atoms with van der Waals surface area (Å²) in [6.07, 6.45) is -1.27. The molecule has 26 heavy (non-hydrogen) atoms. The zero-order valence-corrected chi connectivity index (χ0v) is 14.0. The van der Waals surface area contributed by atoms with Gasteiger partial charge in [0.1, 0.15) is 0 Å². The van der Waals surface area contributed by atoms with Crippen LogP contribution in [-0.2, 0) is 12.7 Å². The molecule has 0 bridgehead atoms. The Morgan fingerprint density at radius 2 is 1.81 bits per heavy atom. The Morgan fingerprint density at radius 3 is 2.50 bits per heavy atom. The smallest absolute Gasteiger partial charge is 0.334 e. The standard InChI is InChI=1S/C18H13ClF3N3O/c19-14-10-23-9-12-2-1-3-15(16(12)14)25-17(26)24-8-11-4-6-13(7-5-11)18(20,21)22/h1-7,9-10H,8H2,(H2,24,25,26). The van der Waals surface area contributed by atoms with Crippen LogP contribution in [0.15, 0.2) is 54.9 Å². The molecule has 0 unspecified atom stereocenters. The minimum Gasteiger partial charge on any atom is -0.334 e. The van der Waals surface area contributed by atoms with Crippen molar-refractivity contribution in [2.24, 2.45) is 0 Å². The van der Waals surface area contributed by atoms with Crippen molar-refractivity contribution >= 4 is 34.1 Å². The summed E-state index contributed by atoms with van der Waals surface area (Å²) in [4.78, 5) is 16.1. The zero-order chi connectivity index (χ0) is 18.7. The Morgan fingerprint density at radius 1 is 1.08 bits per heavy atom. The predicted molar refractivity (Wildman–Crippen MR) is 94.1 cm³/mol. The number of pyridine rings is 1. The number of carbonyl (C=O) groups excluding carboxylic acids is 1. The summed E-state index contributed by atoms with van der Waals surface area (Å²) in [5.41, 5.74) is 0.331. The van der Waals surface area contributed by atoms with Crippen molar-refractivity contribution in [1.29, 1.82) is 0 Å². The van der Waals surface area contributed by atoms with E-state index in [9.17, 15) is 18.0 Å². The second kappa shape index (κ2) is 7.21. The Labute approximate surface area is 152 Å². The minimum absolute atomic E-state index is 0.0873. The van der Waals surface area contributed by atoms with E-state index in [1.807, 2.05) is 6.07 Å². The van der Waals surface area contributed by atoms with Crippen molar-refractivity contribution < 1.29 is 18.0 Å². The first-order valence-corrected chi connectivity index (χ1v) is 7.95. The molecule has 1 aromatic heterocycles. The number of aromatic nitrogens is 1. The lowest BCUT2D eigenvalue weighted by Gasteiger charge is -2.11. The van der Waals surface area contributed by atoms with Crippen LogP contribution in [0.5, 0.6) is 0 Å². The van der Waals surface area contributed by atoms with Gasteiger partial charge in [0.2, 0.25) is 0 Å². The highest BCUT2D eigenvalue weighted by Crippen LogP contribution is 2.30. The molecule has 1 heterocycles. The van der Waals surface area contributed by atoms with Crippen LogP contribution in [0, 0.1) is 0 Å². The van der Waals surface area contributed by atoms with E-state index in [2.05, 4.69) is 15.6 Å². The number of amides is 2. The second-order valence-corrected chi connectivity index (χ2v) is 5.93. The van der Waals surface area contributed by atoms with Crippen LogP contribution < -0.4 is 10.6 Å². The van der Waals surface area contributed by atoms with E-state index in [0.717, 1.165) is 17.5 Å². The van der Waals surface area contributed by atoms with Gasteiger partial charge in [-0.2, -0.15) is 13.2 Å². The molecule has 0 saturated carbocycles. The molecule has 3 rings (SSSR count). The fourth-order valence-corrected chi connectivity index (χ4v) is 2.72. The largest absolute Gasteiger partial charge is 0.416 e. The van der Waals surface area contributed by atoms with Gasteiger partial charge < -0.3 is 10.6 Å². The molecule has 2 amide bonds. The average Bonchev–Trinajstić information content (AvgIpc) is 2.60. The molecule has 8 heteroatoms. The van der Waals surface area contributed by atoms with E-state index in [-0.39, 0.29) is 6.54 Å². The summed E-state index contributed by atoms with van der Waals surface area (Å²) in [5.74, 6) is 0. The van der Waals surface area contributed by atoms with Crippen LogP contribution in [0.1, 0.15) is 11.1 Å². The molecule has 0 atom stereocenters. The highest BCUT2D eigenvalue weighted by Gasteiger charge is 2.29. The number of anilines is 1. The Balaban J connectivity index is 1.67. The first-order chi connectivity index (χ1) is 12.3. The molecular formula is C18H13ClF3N3O. The van der Waals surface area contributed by atoms with E-state index in [4.69, 9.17) is 11.6 Å². The summed E-state index contributed by atoms with van der Waals surface area (Å²) < 4.78 is 37.6. The van der Waals surface area contributed by atoms with E-state index in [0.29, 0.717) is 21.7 Å². The van der Waals surface area contributed by atoms with Gasteiger partial charge in [-0.05, 0) is 23.8 Å². The summed E-state index contributed by atoms with van der Waals surface area (Å²) in [5, 5.41) is 7.13. The molecule has 2 N–H and O–H groups in total. The summed E-state index contributed by atoms with van der Waals surface area (Å²) >= 11 is 6.14. The van der Waals surface area contributed by atoms with Crippen LogP contribution in [-0.4, -0.2) is 11.0 Å². The first-order valence-electron chi connectivity index (χ1n) is 7.58. The van der Waals surface area contributed by atoms with Crippen LogP contribution in [0.4, 0.5) is 23.7 Å². The third kappa shape index (κ3) is 4.05. The molecule has 4 nitrogen and oxygen atoms in total. The SMILES string of the molecule is O=C(NCc1ccc(C(F)(F)F)cc1)Nc1cccc2cncc(Cl)c12. The number of benzene rings is 2. The van der Waals surface area contributed by atoms with Gasteiger partial charge in [0.05, 0.1) is 16.3 Å². The van der Waals surface area contributed by atoms with E-state index in [1.165, 1.54) is 18.3 Å². The Kier molecular flexibility index (Phi) is 4.99. The minimum atomic E-state index is -4.38. The topological polar surface area (TPSA) is 54.0 Å². The summed E-state index contributed by atoms with van der Waals surface area (Å²) in [6.45, 7) is 0.0873. The van der Waals surface area contributed by atoms with Crippen LogP contribution in [0.3, 0.4) is 0 Å². The lowest BCUT2D eigenvalue weighted by Crippen LogP contribution is -2.28. The van der Waals surface area contributed by atoms with E-state index < -0.39 is 17.8 Å². The number of halogens is 4. The lowest BCUT2D eigenvalue weighted by molar-refractivity contribution is -0.137. The van der Waals surface area contributed by atoms with E-state index in [1.54, 1.807) is 18.3 Å². The fraction of sp³-hybridized carbons (Fsp3) is 0.111. The molecule has 134 valence electrons. The highest BCUT2D eigenvalue weighted by molar-refractivity contribution is 6.36. The number of alkyl halides is 3. The molecule has 3 aromatic rings. The van der Waals surface area contributed by atoms with Crippen molar-refractivity contribution in [2.75, 3.05) is 5.32 Å². The molecule has 0 aliphatic heterocycles. The summed E-state index contributed by atoms with van der Waals surface area (Å²) in [7, 11) is 0. The van der Waals surface area contributed by atoms with Crippen LogP contribution in [0.25, 0.3) is 10.8 Å². The number of carbonyl (C=O) groups is 1. The Bertz CT molecular complexity index is 937. The summed E-state index contributed by atoms with van der Waals surface area (Å²) in [6, 6.07) is 9.38. The third-order valence-corrected chi connectivity index (χ3v) is 4.01. The van der Waals surface area contributed by atoms with Crippen molar-refractivity contribution in [3.8, 4) is 0 Å². The van der Waals surface area contributed by atoms with Gasteiger partial charge in [0.25, 0.3) is 0 Å². The number of nitrogens with one attached hydrogen (secondary N) is 2. The molecular weight excluding hydrogens is 367 g/mol. The number of rotatable bonds is 3. The first kappa shape index (κ1) is 18.0. The number of nitrogens with zero attached hydrogens (tertiary/aromatic N) is 1. The van der Waals surface area contributed by atoms with Gasteiger partial charge in [-0.1, -0.05) is 35.9 Å². The van der Waals surface area contributed by atoms with E-state index >= 15 is 0 Å². The predicted octanol–water partition coefficient (Wildman–Crippen LogP) is 5.23. The van der Waals surface area contributed by atoms with Gasteiger partial charge in [-0.3, -0.25) is 4.98 Å². The lowest BCUT2D eigenvalue weighted by atomic mass is 10.1. The molecule has 2 aromatic carbocycles. The molecule has 0 aliphatic rings.